The molecule has 3 aromatic carbocycles. The number of fused-ring (bicyclic) bond motifs is 3. The van der Waals surface area contributed by atoms with Crippen LogP contribution in [0.25, 0.3) is 22.5 Å². The van der Waals surface area contributed by atoms with Crippen LogP contribution in [0.2, 0.25) is 0 Å². The highest BCUT2D eigenvalue weighted by molar-refractivity contribution is 5.81. The van der Waals surface area contributed by atoms with Gasteiger partial charge in [-0.25, -0.2) is 4.98 Å². The van der Waals surface area contributed by atoms with E-state index in [9.17, 15) is 0 Å². The van der Waals surface area contributed by atoms with Gasteiger partial charge in [0.25, 0.3) is 0 Å². The molecule has 2 aliphatic heterocycles. The summed E-state index contributed by atoms with van der Waals surface area (Å²) in [6.45, 7) is 15.7. The number of pyridine rings is 2. The summed E-state index contributed by atoms with van der Waals surface area (Å²) in [6.07, 6.45) is 7.92. The van der Waals surface area contributed by atoms with Gasteiger partial charge in [-0.2, -0.15) is 0 Å². The van der Waals surface area contributed by atoms with Crippen molar-refractivity contribution in [3.63, 3.8) is 0 Å². The number of aromatic nitrogens is 2. The van der Waals surface area contributed by atoms with Crippen LogP contribution in [0.4, 0.5) is 11.4 Å². The molecule has 4 heteroatoms. The van der Waals surface area contributed by atoms with Gasteiger partial charge in [-0.15, -0.1) is 0 Å². The van der Waals surface area contributed by atoms with Gasteiger partial charge in [-0.1, -0.05) is 94.9 Å². The highest BCUT2D eigenvalue weighted by Gasteiger charge is 2.37. The van der Waals surface area contributed by atoms with E-state index in [2.05, 4.69) is 130 Å². The Bertz CT molecular complexity index is 1970. The maximum absolute atomic E-state index is 6.52. The Morgan fingerprint density at radius 2 is 1.40 bits per heavy atom. The average molecular weight is 588 g/mol. The van der Waals surface area contributed by atoms with Crippen LogP contribution >= 0.6 is 0 Å². The molecular weight excluding hydrogens is 550 g/mol. The minimum Gasteiger partial charge on any atom is -0.461 e. The largest absolute Gasteiger partial charge is 0.461 e. The maximum atomic E-state index is 6.52. The molecule has 0 saturated heterocycles. The molecule has 7 rings (SSSR count). The maximum Gasteiger partial charge on any atom is 0.131 e. The Morgan fingerprint density at radius 3 is 2.07 bits per heavy atom. The monoisotopic (exact) mass is 587 g/mol. The highest BCUT2D eigenvalue weighted by Crippen LogP contribution is 2.50. The summed E-state index contributed by atoms with van der Waals surface area (Å²) in [7, 11) is 0. The third-order valence-corrected chi connectivity index (χ3v) is 9.34. The molecule has 0 bridgehead atoms. The van der Waals surface area contributed by atoms with Crippen molar-refractivity contribution in [3.8, 4) is 28.3 Å². The van der Waals surface area contributed by atoms with E-state index >= 15 is 0 Å². The number of allylic oxidation sites excluding steroid dienone is 4. The number of nitrogens with zero attached hydrogens (tertiary/aromatic N) is 3. The van der Waals surface area contributed by atoms with E-state index < -0.39 is 0 Å². The van der Waals surface area contributed by atoms with Gasteiger partial charge < -0.3 is 9.64 Å². The van der Waals surface area contributed by atoms with Crippen molar-refractivity contribution in [2.24, 2.45) is 0 Å². The molecule has 5 aromatic rings. The minimum atomic E-state index is -0.280. The van der Waals surface area contributed by atoms with Gasteiger partial charge in [0, 0.05) is 51.2 Å². The van der Waals surface area contributed by atoms with E-state index in [0.29, 0.717) is 0 Å². The van der Waals surface area contributed by atoms with E-state index in [1.54, 1.807) is 6.20 Å². The number of ether oxygens (including phenoxy) is 1. The van der Waals surface area contributed by atoms with E-state index in [4.69, 9.17) is 9.72 Å². The number of hydrogen-bond donors (Lipinski definition) is 0. The zero-order valence-electron chi connectivity index (χ0n) is 26.5. The second-order valence-electron chi connectivity index (χ2n) is 12.9. The van der Waals surface area contributed by atoms with Crippen LogP contribution in [0, 0.1) is 0 Å². The van der Waals surface area contributed by atoms with Gasteiger partial charge in [0.1, 0.15) is 11.5 Å². The van der Waals surface area contributed by atoms with Crippen LogP contribution in [0.5, 0.6) is 5.75 Å². The molecule has 0 unspecified atom stereocenters. The standard InChI is InChI=1S/C41H37N3O/c1-27(44-37-18-9-7-14-32(37)41(5,6)33-15-8-10-19-38(33)44)20-22-31-28(2)45-39-25-29(21-23-34(39)40(31,3)4)35-16-11-17-36(43-35)30-13-12-24-42-26-30/h7-26H,1H2,2-6H3/b22-20-. The Labute approximate surface area is 266 Å². The highest BCUT2D eigenvalue weighted by atomic mass is 16.5. The van der Waals surface area contributed by atoms with Crippen LogP contribution in [-0.2, 0) is 10.8 Å². The number of rotatable bonds is 5. The van der Waals surface area contributed by atoms with E-state index in [1.165, 1.54) is 22.5 Å². The molecule has 4 nitrogen and oxygen atoms in total. The fourth-order valence-electron chi connectivity index (χ4n) is 6.92. The molecule has 45 heavy (non-hydrogen) atoms. The molecule has 2 aliphatic rings. The number of hydrogen-bond acceptors (Lipinski definition) is 4. The topological polar surface area (TPSA) is 38.3 Å². The van der Waals surface area contributed by atoms with Gasteiger partial charge in [0.05, 0.1) is 22.8 Å². The first-order valence-electron chi connectivity index (χ1n) is 15.4. The third-order valence-electron chi connectivity index (χ3n) is 9.34. The summed E-state index contributed by atoms with van der Waals surface area (Å²) in [6, 6.07) is 33.8. The SMILES string of the molecule is C=C(/C=C\C1=C(C)Oc2cc(-c3cccc(-c4cccnc4)n3)ccc2C1(C)C)N1c2ccccc2C(C)(C)c2ccccc21. The predicted octanol–water partition coefficient (Wildman–Crippen LogP) is 10.3. The lowest BCUT2D eigenvalue weighted by atomic mass is 9.73. The average Bonchev–Trinajstić information content (AvgIpc) is 3.05. The smallest absolute Gasteiger partial charge is 0.131 e. The van der Waals surface area contributed by atoms with E-state index in [-0.39, 0.29) is 10.8 Å². The van der Waals surface area contributed by atoms with Gasteiger partial charge in [-0.05, 0) is 66.6 Å². The Balaban J connectivity index is 1.20. The molecule has 0 aliphatic carbocycles. The lowest BCUT2D eigenvalue weighted by Crippen LogP contribution is -2.32. The number of anilines is 2. The second kappa shape index (κ2) is 10.7. The summed E-state index contributed by atoms with van der Waals surface area (Å²) in [5, 5.41) is 0. The first kappa shape index (κ1) is 28.5. The van der Waals surface area contributed by atoms with Gasteiger partial charge in [0.2, 0.25) is 0 Å². The van der Waals surface area contributed by atoms with Crippen LogP contribution in [0.15, 0.2) is 145 Å². The van der Waals surface area contributed by atoms with Crippen molar-refractivity contribution in [1.82, 2.24) is 9.97 Å². The molecule has 0 N–H and O–H groups in total. The summed E-state index contributed by atoms with van der Waals surface area (Å²) in [4.78, 5) is 11.5. The quantitative estimate of drug-likeness (QED) is 0.192. The molecular formula is C41H37N3O. The van der Waals surface area contributed by atoms with Crippen molar-refractivity contribution >= 4 is 11.4 Å². The fraction of sp³-hybridized carbons (Fsp3) is 0.171. The molecule has 0 fully saturated rings. The normalized spacial score (nSPS) is 16.1. The van der Waals surface area contributed by atoms with Crippen molar-refractivity contribution in [1.29, 1.82) is 0 Å². The van der Waals surface area contributed by atoms with Crippen LogP contribution in [0.3, 0.4) is 0 Å². The Hall–Kier alpha value is -5.22. The summed E-state index contributed by atoms with van der Waals surface area (Å²) >= 11 is 0. The van der Waals surface area contributed by atoms with Crippen LogP contribution in [0.1, 0.15) is 51.3 Å². The van der Waals surface area contributed by atoms with Crippen molar-refractivity contribution in [2.75, 3.05) is 4.90 Å². The summed E-state index contributed by atoms with van der Waals surface area (Å²) in [5.41, 5.74) is 11.5. The zero-order chi connectivity index (χ0) is 31.3. The zero-order valence-corrected chi connectivity index (χ0v) is 26.5. The molecule has 0 radical (unpaired) electrons. The number of benzene rings is 3. The van der Waals surface area contributed by atoms with E-state index in [1.807, 2.05) is 36.5 Å². The summed E-state index contributed by atoms with van der Waals surface area (Å²) < 4.78 is 6.52. The van der Waals surface area contributed by atoms with Crippen LogP contribution < -0.4 is 9.64 Å². The molecule has 4 heterocycles. The fourth-order valence-corrected chi connectivity index (χ4v) is 6.92. The first-order chi connectivity index (χ1) is 21.7. The lowest BCUT2D eigenvalue weighted by Gasteiger charge is -2.42. The second-order valence-corrected chi connectivity index (χ2v) is 12.9. The minimum absolute atomic E-state index is 0.107. The van der Waals surface area contributed by atoms with Crippen molar-refractivity contribution in [3.05, 3.63) is 162 Å². The molecule has 0 amide bonds. The van der Waals surface area contributed by atoms with Crippen molar-refractivity contribution in [2.45, 2.75) is 45.4 Å². The third kappa shape index (κ3) is 4.78. The predicted molar refractivity (Wildman–Crippen MR) is 185 cm³/mol. The lowest BCUT2D eigenvalue weighted by molar-refractivity contribution is 0.374. The first-order valence-corrected chi connectivity index (χ1v) is 15.4. The number of para-hydroxylation sites is 2. The Kier molecular flexibility index (Phi) is 6.81. The molecule has 0 atom stereocenters. The molecule has 0 spiro atoms. The van der Waals surface area contributed by atoms with Crippen molar-refractivity contribution < 1.29 is 4.74 Å². The van der Waals surface area contributed by atoms with Gasteiger partial charge >= 0.3 is 0 Å². The summed E-state index contributed by atoms with van der Waals surface area (Å²) in [5.74, 6) is 1.74. The molecule has 0 saturated carbocycles. The molecule has 2 aromatic heterocycles. The molecule has 222 valence electrons. The Morgan fingerprint density at radius 1 is 0.733 bits per heavy atom. The van der Waals surface area contributed by atoms with E-state index in [0.717, 1.165) is 50.9 Å². The van der Waals surface area contributed by atoms with Crippen LogP contribution in [-0.4, -0.2) is 9.97 Å². The van der Waals surface area contributed by atoms with Gasteiger partial charge in [0.15, 0.2) is 0 Å². The van der Waals surface area contributed by atoms with Gasteiger partial charge in [-0.3, -0.25) is 4.98 Å².